The second-order valence-electron chi connectivity index (χ2n) is 5.44. The summed E-state index contributed by atoms with van der Waals surface area (Å²) in [6.07, 6.45) is 5.49. The molecule has 1 aromatic carbocycles. The number of rotatable bonds is 6. The number of para-hydroxylation sites is 1. The molecule has 1 aliphatic heterocycles. The number of ether oxygens (including phenoxy) is 1. The quantitative estimate of drug-likeness (QED) is 0.815. The minimum atomic E-state index is 0.0988. The third kappa shape index (κ3) is 3.84. The van der Waals surface area contributed by atoms with E-state index in [0.29, 0.717) is 13.0 Å². The second-order valence-corrected chi connectivity index (χ2v) is 5.44. The number of carbonyl (C=O) groups is 1. The van der Waals surface area contributed by atoms with Gasteiger partial charge in [0.15, 0.2) is 0 Å². The molecule has 1 amide bonds. The summed E-state index contributed by atoms with van der Waals surface area (Å²) < 4.78 is 7.65. The molecule has 0 spiro atoms. The van der Waals surface area contributed by atoms with Crippen LogP contribution in [0.25, 0.3) is 0 Å². The van der Waals surface area contributed by atoms with Gasteiger partial charge in [-0.2, -0.15) is 5.10 Å². The molecule has 116 valence electrons. The fourth-order valence-electron chi connectivity index (χ4n) is 2.64. The summed E-state index contributed by atoms with van der Waals surface area (Å²) in [4.78, 5) is 18.0. The maximum absolute atomic E-state index is 12.2. The topological polar surface area (TPSA) is 60.2 Å². The number of amides is 1. The van der Waals surface area contributed by atoms with Crippen LogP contribution in [0.1, 0.15) is 19.3 Å². The van der Waals surface area contributed by atoms with E-state index in [1.54, 1.807) is 11.0 Å². The fourth-order valence-corrected chi connectivity index (χ4v) is 2.64. The molecule has 6 heteroatoms. The second kappa shape index (κ2) is 7.06. The Kier molecular flexibility index (Phi) is 4.68. The number of carbonyl (C=O) groups excluding carboxylic acids is 1. The third-order valence-corrected chi connectivity index (χ3v) is 3.79. The van der Waals surface area contributed by atoms with Crippen molar-refractivity contribution in [2.24, 2.45) is 0 Å². The van der Waals surface area contributed by atoms with Crippen LogP contribution in [0.3, 0.4) is 0 Å². The van der Waals surface area contributed by atoms with Gasteiger partial charge in [0, 0.05) is 25.9 Å². The lowest BCUT2D eigenvalue weighted by atomic mass is 10.3. The molecule has 1 aromatic heterocycles. The first-order valence-corrected chi connectivity index (χ1v) is 7.63. The zero-order chi connectivity index (χ0) is 15.2. The lowest BCUT2D eigenvalue weighted by molar-refractivity contribution is -0.130. The Hall–Kier alpha value is -2.37. The van der Waals surface area contributed by atoms with E-state index in [1.807, 2.05) is 35.2 Å². The number of hydrogen-bond donors (Lipinski definition) is 0. The molecule has 2 heterocycles. The molecule has 1 aliphatic rings. The van der Waals surface area contributed by atoms with Gasteiger partial charge < -0.3 is 9.64 Å². The highest BCUT2D eigenvalue weighted by Crippen LogP contribution is 2.18. The van der Waals surface area contributed by atoms with E-state index in [0.717, 1.165) is 31.7 Å². The van der Waals surface area contributed by atoms with Crippen LogP contribution in [0.2, 0.25) is 0 Å². The number of likely N-dealkylation sites (tertiary alicyclic amines) is 1. The molecule has 0 aliphatic carbocycles. The molecule has 2 aromatic rings. The van der Waals surface area contributed by atoms with Crippen molar-refractivity contribution in [3.63, 3.8) is 0 Å². The summed E-state index contributed by atoms with van der Waals surface area (Å²) in [6.45, 7) is 2.18. The van der Waals surface area contributed by atoms with Crippen molar-refractivity contribution in [2.75, 3.05) is 13.1 Å². The molecular formula is C16H20N4O2. The first kappa shape index (κ1) is 14.6. The normalized spacial score (nSPS) is 17.6. The predicted molar refractivity (Wildman–Crippen MR) is 81.3 cm³/mol. The predicted octanol–water partition coefficient (Wildman–Crippen LogP) is 1.74. The maximum Gasteiger partial charge on any atom is 0.222 e. The lowest BCUT2D eigenvalue weighted by Gasteiger charge is -2.17. The Balaban J connectivity index is 1.41. The van der Waals surface area contributed by atoms with Crippen molar-refractivity contribution in [1.29, 1.82) is 0 Å². The first-order valence-electron chi connectivity index (χ1n) is 7.63. The van der Waals surface area contributed by atoms with Gasteiger partial charge in [-0.05, 0) is 18.6 Å². The number of aryl methyl sites for hydroxylation is 1. The molecule has 1 atom stereocenters. The Morgan fingerprint density at radius 2 is 2.18 bits per heavy atom. The van der Waals surface area contributed by atoms with Crippen LogP contribution >= 0.6 is 0 Å². The maximum atomic E-state index is 12.2. The van der Waals surface area contributed by atoms with Crippen molar-refractivity contribution < 1.29 is 9.53 Å². The van der Waals surface area contributed by atoms with Gasteiger partial charge >= 0.3 is 0 Å². The largest absolute Gasteiger partial charge is 0.489 e. The van der Waals surface area contributed by atoms with E-state index < -0.39 is 0 Å². The Morgan fingerprint density at radius 3 is 2.95 bits per heavy atom. The van der Waals surface area contributed by atoms with Crippen molar-refractivity contribution in [1.82, 2.24) is 19.7 Å². The summed E-state index contributed by atoms with van der Waals surface area (Å²) >= 11 is 0. The lowest BCUT2D eigenvalue weighted by Crippen LogP contribution is -2.30. The highest BCUT2D eigenvalue weighted by atomic mass is 16.5. The molecular weight excluding hydrogens is 280 g/mol. The smallest absolute Gasteiger partial charge is 0.222 e. The molecule has 1 unspecified atom stereocenters. The minimum absolute atomic E-state index is 0.0988. The standard InChI is InChI=1S/C16H20N4O2/c21-16(7-4-9-20-13-17-12-18-20)19-10-8-15(11-19)22-14-5-2-1-3-6-14/h1-3,5-6,12-13,15H,4,7-11H2. The van der Waals surface area contributed by atoms with E-state index in [4.69, 9.17) is 4.74 Å². The van der Waals surface area contributed by atoms with Gasteiger partial charge in [-0.15, -0.1) is 0 Å². The zero-order valence-corrected chi connectivity index (χ0v) is 12.5. The van der Waals surface area contributed by atoms with E-state index in [2.05, 4.69) is 10.1 Å². The average Bonchev–Trinajstić information content (AvgIpc) is 3.20. The van der Waals surface area contributed by atoms with Gasteiger partial charge in [-0.3, -0.25) is 9.48 Å². The van der Waals surface area contributed by atoms with Crippen LogP contribution in [0, 0.1) is 0 Å². The van der Waals surface area contributed by atoms with Crippen LogP contribution in [-0.2, 0) is 11.3 Å². The SMILES string of the molecule is O=C(CCCn1cncn1)N1CCC(Oc2ccccc2)C1. The summed E-state index contributed by atoms with van der Waals surface area (Å²) in [7, 11) is 0. The summed E-state index contributed by atoms with van der Waals surface area (Å²) in [6, 6.07) is 9.77. The molecule has 1 fully saturated rings. The van der Waals surface area contributed by atoms with Gasteiger partial charge in [-0.25, -0.2) is 4.98 Å². The van der Waals surface area contributed by atoms with Crippen molar-refractivity contribution in [2.45, 2.75) is 31.9 Å². The fraction of sp³-hybridized carbons (Fsp3) is 0.438. The number of hydrogen-bond acceptors (Lipinski definition) is 4. The summed E-state index contributed by atoms with van der Waals surface area (Å²) in [5.74, 6) is 1.06. The number of nitrogens with zero attached hydrogens (tertiary/aromatic N) is 4. The molecule has 0 radical (unpaired) electrons. The van der Waals surface area contributed by atoms with E-state index in [9.17, 15) is 4.79 Å². The molecule has 0 bridgehead atoms. The molecule has 3 rings (SSSR count). The minimum Gasteiger partial charge on any atom is -0.489 e. The van der Waals surface area contributed by atoms with Crippen molar-refractivity contribution >= 4 is 5.91 Å². The first-order chi connectivity index (χ1) is 10.8. The van der Waals surface area contributed by atoms with Gasteiger partial charge in [0.2, 0.25) is 5.91 Å². The summed E-state index contributed by atoms with van der Waals surface area (Å²) in [5.41, 5.74) is 0. The monoisotopic (exact) mass is 300 g/mol. The van der Waals surface area contributed by atoms with Gasteiger partial charge in [-0.1, -0.05) is 18.2 Å². The third-order valence-electron chi connectivity index (χ3n) is 3.79. The Morgan fingerprint density at radius 1 is 1.32 bits per heavy atom. The zero-order valence-electron chi connectivity index (χ0n) is 12.5. The molecule has 1 saturated heterocycles. The van der Waals surface area contributed by atoms with Crippen molar-refractivity contribution in [3.05, 3.63) is 43.0 Å². The van der Waals surface area contributed by atoms with Crippen LogP contribution in [0.4, 0.5) is 0 Å². The molecule has 22 heavy (non-hydrogen) atoms. The highest BCUT2D eigenvalue weighted by Gasteiger charge is 2.27. The van der Waals surface area contributed by atoms with Gasteiger partial charge in [0.1, 0.15) is 24.5 Å². The number of benzene rings is 1. The van der Waals surface area contributed by atoms with Crippen LogP contribution < -0.4 is 4.74 Å². The molecule has 0 N–H and O–H groups in total. The van der Waals surface area contributed by atoms with Gasteiger partial charge in [0.05, 0.1) is 6.54 Å². The van der Waals surface area contributed by atoms with Gasteiger partial charge in [0.25, 0.3) is 0 Å². The average molecular weight is 300 g/mol. The van der Waals surface area contributed by atoms with Crippen molar-refractivity contribution in [3.8, 4) is 5.75 Å². The Labute approximate surface area is 129 Å². The van der Waals surface area contributed by atoms with E-state index in [-0.39, 0.29) is 12.0 Å². The Bertz CT molecular complexity index is 585. The van der Waals surface area contributed by atoms with E-state index in [1.165, 1.54) is 6.33 Å². The van der Waals surface area contributed by atoms with E-state index >= 15 is 0 Å². The van der Waals surface area contributed by atoms with Crippen LogP contribution in [-0.4, -0.2) is 44.8 Å². The summed E-state index contributed by atoms with van der Waals surface area (Å²) in [5, 5.41) is 4.03. The number of aromatic nitrogens is 3. The highest BCUT2D eigenvalue weighted by molar-refractivity contribution is 5.76. The molecule has 0 saturated carbocycles. The molecule has 6 nitrogen and oxygen atoms in total. The van der Waals surface area contributed by atoms with Crippen LogP contribution in [0.15, 0.2) is 43.0 Å². The van der Waals surface area contributed by atoms with Crippen LogP contribution in [0.5, 0.6) is 5.75 Å².